The van der Waals surface area contributed by atoms with Gasteiger partial charge in [-0.25, -0.2) is 9.59 Å². The lowest BCUT2D eigenvalue weighted by Gasteiger charge is -2.35. The monoisotopic (exact) mass is 436 g/mol. The molecule has 1 aliphatic rings. The van der Waals surface area contributed by atoms with Gasteiger partial charge in [0.05, 0.1) is 23.9 Å². The van der Waals surface area contributed by atoms with Gasteiger partial charge in [0.1, 0.15) is 12.4 Å². The summed E-state index contributed by atoms with van der Waals surface area (Å²) in [5.74, 6) is 0.639. The quantitative estimate of drug-likeness (QED) is 0.619. The fourth-order valence-corrected chi connectivity index (χ4v) is 3.79. The Labute approximate surface area is 190 Å². The molecule has 0 radical (unpaired) electrons. The first-order chi connectivity index (χ1) is 15.2. The molecule has 0 spiro atoms. The van der Waals surface area contributed by atoms with Gasteiger partial charge in [0.15, 0.2) is 0 Å². The van der Waals surface area contributed by atoms with Gasteiger partial charge in [-0.2, -0.15) is 0 Å². The third-order valence-corrected chi connectivity index (χ3v) is 5.74. The van der Waals surface area contributed by atoms with Crippen LogP contribution in [0, 0.1) is 13.8 Å². The molecule has 2 amide bonds. The molecule has 0 aliphatic carbocycles. The van der Waals surface area contributed by atoms with Crippen molar-refractivity contribution in [3.8, 4) is 5.75 Å². The fraction of sp³-hybridized carbons (Fsp3) is 0.385. The highest BCUT2D eigenvalue weighted by atomic mass is 16.5. The average Bonchev–Trinajstić information content (AvgIpc) is 2.76. The number of aryl methyl sites for hydroxylation is 2. The normalized spacial score (nSPS) is 16.3. The average molecular weight is 437 g/mol. The van der Waals surface area contributed by atoms with Crippen LogP contribution in [-0.2, 0) is 9.53 Å². The number of rotatable bonds is 7. The van der Waals surface area contributed by atoms with E-state index >= 15 is 0 Å². The van der Waals surface area contributed by atoms with E-state index in [9.17, 15) is 9.59 Å². The molecule has 1 heterocycles. The van der Waals surface area contributed by atoms with Crippen LogP contribution in [0.5, 0.6) is 5.75 Å². The van der Waals surface area contributed by atoms with Crippen molar-refractivity contribution >= 4 is 12.0 Å². The van der Waals surface area contributed by atoms with Gasteiger partial charge in [0, 0.05) is 7.05 Å². The molecule has 0 fully saturated rings. The van der Waals surface area contributed by atoms with E-state index in [1.807, 2.05) is 56.3 Å². The largest absolute Gasteiger partial charge is 0.487 e. The first kappa shape index (κ1) is 23.4. The van der Waals surface area contributed by atoms with E-state index in [4.69, 9.17) is 9.47 Å². The van der Waals surface area contributed by atoms with Crippen LogP contribution >= 0.6 is 0 Å². The van der Waals surface area contributed by atoms with Crippen LogP contribution < -0.4 is 10.1 Å². The number of hydrogen-bond acceptors (Lipinski definition) is 4. The van der Waals surface area contributed by atoms with Crippen LogP contribution in [0.3, 0.4) is 0 Å². The van der Waals surface area contributed by atoms with Crippen LogP contribution in [0.1, 0.15) is 55.0 Å². The predicted molar refractivity (Wildman–Crippen MR) is 125 cm³/mol. The minimum Gasteiger partial charge on any atom is -0.487 e. The van der Waals surface area contributed by atoms with Gasteiger partial charge in [-0.15, -0.1) is 0 Å². The maximum absolute atomic E-state index is 13.1. The van der Waals surface area contributed by atoms with Gasteiger partial charge >= 0.3 is 12.0 Å². The van der Waals surface area contributed by atoms with Crippen molar-refractivity contribution in [2.24, 2.45) is 0 Å². The van der Waals surface area contributed by atoms with E-state index in [0.29, 0.717) is 22.9 Å². The highest BCUT2D eigenvalue weighted by Gasteiger charge is 2.37. The van der Waals surface area contributed by atoms with Gasteiger partial charge in [-0.3, -0.25) is 4.90 Å². The number of hydrogen-bond donors (Lipinski definition) is 1. The Morgan fingerprint density at radius 3 is 2.44 bits per heavy atom. The van der Waals surface area contributed by atoms with Crippen molar-refractivity contribution in [1.82, 2.24) is 10.2 Å². The number of urea groups is 1. The molecule has 0 bridgehead atoms. The van der Waals surface area contributed by atoms with Gasteiger partial charge < -0.3 is 14.8 Å². The van der Waals surface area contributed by atoms with Crippen LogP contribution in [0.4, 0.5) is 4.79 Å². The number of nitrogens with one attached hydrogen (secondary N) is 1. The molecule has 0 aromatic heterocycles. The Bertz CT molecular complexity index is 1020. The minimum atomic E-state index is -0.612. The first-order valence-electron chi connectivity index (χ1n) is 11.0. The number of amides is 2. The Balaban J connectivity index is 2.02. The standard InChI is InChI=1S/C26H32N2O4/c1-7-31-25(29)23-22(15-32-20-12-10-19(11-13-20)16(2)3)28(6)26(30)27-24(23)21-14-17(4)8-9-18(21)5/h8-14,16,24H,7,15H2,1-6H3,(H,27,30)/t24-/m0/s1. The Hall–Kier alpha value is -3.28. The van der Waals surface area contributed by atoms with Crippen LogP contribution in [0.25, 0.3) is 0 Å². The van der Waals surface area contributed by atoms with Crippen molar-refractivity contribution in [2.75, 3.05) is 20.3 Å². The van der Waals surface area contributed by atoms with Crippen molar-refractivity contribution in [3.05, 3.63) is 76.0 Å². The number of esters is 1. The molecule has 1 aliphatic heterocycles. The minimum absolute atomic E-state index is 0.0699. The van der Waals surface area contributed by atoms with Crippen LogP contribution in [0.2, 0.25) is 0 Å². The molecule has 0 saturated heterocycles. The maximum atomic E-state index is 13.1. The summed E-state index contributed by atoms with van der Waals surface area (Å²) in [6.07, 6.45) is 0. The number of carbonyl (C=O) groups excluding carboxylic acids is 2. The molecule has 0 saturated carbocycles. The Morgan fingerprint density at radius 1 is 1.12 bits per heavy atom. The lowest BCUT2D eigenvalue weighted by molar-refractivity contribution is -0.139. The predicted octanol–water partition coefficient (Wildman–Crippen LogP) is 5.02. The first-order valence-corrected chi connectivity index (χ1v) is 11.0. The summed E-state index contributed by atoms with van der Waals surface area (Å²) in [4.78, 5) is 27.3. The van der Waals surface area contributed by atoms with Gasteiger partial charge in [0.25, 0.3) is 0 Å². The molecule has 3 rings (SSSR count). The third kappa shape index (κ3) is 4.96. The van der Waals surface area contributed by atoms with E-state index in [1.54, 1.807) is 14.0 Å². The third-order valence-electron chi connectivity index (χ3n) is 5.74. The second-order valence-corrected chi connectivity index (χ2v) is 8.39. The van der Waals surface area contributed by atoms with E-state index in [2.05, 4.69) is 19.2 Å². The van der Waals surface area contributed by atoms with Crippen LogP contribution in [-0.4, -0.2) is 37.2 Å². The summed E-state index contributed by atoms with van der Waals surface area (Å²) in [7, 11) is 1.63. The molecule has 1 N–H and O–H groups in total. The summed E-state index contributed by atoms with van der Waals surface area (Å²) < 4.78 is 11.4. The molecule has 2 aromatic rings. The van der Waals surface area contributed by atoms with E-state index in [-0.39, 0.29) is 19.2 Å². The topological polar surface area (TPSA) is 67.9 Å². The Morgan fingerprint density at radius 2 is 1.81 bits per heavy atom. The van der Waals surface area contributed by atoms with Crippen molar-refractivity contribution in [3.63, 3.8) is 0 Å². The van der Waals surface area contributed by atoms with Gasteiger partial charge in [-0.05, 0) is 55.5 Å². The second kappa shape index (κ2) is 9.90. The van der Waals surface area contributed by atoms with Gasteiger partial charge in [-0.1, -0.05) is 49.7 Å². The summed E-state index contributed by atoms with van der Waals surface area (Å²) >= 11 is 0. The van der Waals surface area contributed by atoms with E-state index < -0.39 is 12.0 Å². The van der Waals surface area contributed by atoms with E-state index in [1.165, 1.54) is 10.5 Å². The molecule has 6 heteroatoms. The SMILES string of the molecule is CCOC(=O)C1=C(COc2ccc(C(C)C)cc2)N(C)C(=O)N[C@H]1c1cc(C)ccc1C. The smallest absolute Gasteiger partial charge is 0.338 e. The molecule has 0 unspecified atom stereocenters. The van der Waals surface area contributed by atoms with Crippen molar-refractivity contribution in [1.29, 1.82) is 0 Å². The Kier molecular flexibility index (Phi) is 7.23. The highest BCUT2D eigenvalue weighted by Crippen LogP contribution is 2.33. The van der Waals surface area contributed by atoms with Crippen LogP contribution in [0.15, 0.2) is 53.7 Å². The molecule has 32 heavy (non-hydrogen) atoms. The zero-order valence-electron chi connectivity index (χ0n) is 19.7. The second-order valence-electron chi connectivity index (χ2n) is 8.39. The molecular weight excluding hydrogens is 404 g/mol. The molecule has 170 valence electrons. The lowest BCUT2D eigenvalue weighted by atomic mass is 9.90. The summed E-state index contributed by atoms with van der Waals surface area (Å²) in [6, 6.07) is 13.0. The number of carbonyl (C=O) groups is 2. The summed E-state index contributed by atoms with van der Waals surface area (Å²) in [5.41, 5.74) is 5.00. The lowest BCUT2D eigenvalue weighted by Crippen LogP contribution is -2.48. The van der Waals surface area contributed by atoms with Crippen molar-refractivity contribution in [2.45, 2.75) is 46.6 Å². The van der Waals surface area contributed by atoms with Crippen molar-refractivity contribution < 1.29 is 19.1 Å². The number of benzene rings is 2. The number of nitrogens with zero attached hydrogens (tertiary/aromatic N) is 1. The van der Waals surface area contributed by atoms with Gasteiger partial charge in [0.2, 0.25) is 0 Å². The molecule has 6 nitrogen and oxygen atoms in total. The molecule has 1 atom stereocenters. The summed E-state index contributed by atoms with van der Waals surface area (Å²) in [5, 5.41) is 2.96. The fourth-order valence-electron chi connectivity index (χ4n) is 3.79. The van der Waals surface area contributed by atoms with E-state index in [0.717, 1.165) is 16.7 Å². The zero-order chi connectivity index (χ0) is 23.4. The maximum Gasteiger partial charge on any atom is 0.338 e. The highest BCUT2D eigenvalue weighted by molar-refractivity contribution is 5.95. The molecular formula is C26H32N2O4. The number of likely N-dealkylation sites (N-methyl/N-ethyl adjacent to an activating group) is 1. The number of ether oxygens (including phenoxy) is 2. The summed E-state index contributed by atoms with van der Waals surface area (Å²) in [6.45, 7) is 10.3. The zero-order valence-corrected chi connectivity index (χ0v) is 19.7. The molecule has 2 aromatic carbocycles.